The van der Waals surface area contributed by atoms with Crippen molar-refractivity contribution >= 4 is 21.6 Å². The molecule has 144 valence electrons. The number of hydrogen-bond donors (Lipinski definition) is 2. The second-order valence-electron chi connectivity index (χ2n) is 6.93. The fraction of sp³-hybridized carbons (Fsp3) is 0.350. The Bertz CT molecular complexity index is 872. The van der Waals surface area contributed by atoms with Gasteiger partial charge in [-0.2, -0.15) is 0 Å². The van der Waals surface area contributed by atoms with Crippen molar-refractivity contribution in [1.29, 1.82) is 0 Å². The van der Waals surface area contributed by atoms with Crippen LogP contribution in [0.25, 0.3) is 0 Å². The minimum absolute atomic E-state index is 0.193. The lowest BCUT2D eigenvalue weighted by atomic mass is 10.1. The van der Waals surface area contributed by atoms with Crippen molar-refractivity contribution in [2.45, 2.75) is 25.9 Å². The SMILES string of the molecule is CS(=O)(=O)Nc1ccc(C(=O)NCc2ccc(CN3CCCC3)cc2)cc1. The number of nitrogens with one attached hydrogen (secondary N) is 2. The van der Waals surface area contributed by atoms with E-state index in [0.717, 1.165) is 18.4 Å². The van der Waals surface area contributed by atoms with Gasteiger partial charge in [-0.05, 0) is 61.3 Å². The molecule has 2 aromatic rings. The monoisotopic (exact) mass is 387 g/mol. The van der Waals surface area contributed by atoms with E-state index in [0.29, 0.717) is 17.8 Å². The highest BCUT2D eigenvalue weighted by Gasteiger charge is 2.11. The molecule has 0 aliphatic carbocycles. The van der Waals surface area contributed by atoms with Gasteiger partial charge >= 0.3 is 0 Å². The summed E-state index contributed by atoms with van der Waals surface area (Å²) in [6, 6.07) is 14.7. The van der Waals surface area contributed by atoms with Gasteiger partial charge in [-0.1, -0.05) is 24.3 Å². The largest absolute Gasteiger partial charge is 0.348 e. The Balaban J connectivity index is 1.51. The Labute approximate surface area is 160 Å². The average molecular weight is 388 g/mol. The number of hydrogen-bond acceptors (Lipinski definition) is 4. The molecule has 2 aromatic carbocycles. The smallest absolute Gasteiger partial charge is 0.251 e. The summed E-state index contributed by atoms with van der Waals surface area (Å²) in [6.07, 6.45) is 3.66. The van der Waals surface area contributed by atoms with Crippen LogP contribution in [0.15, 0.2) is 48.5 Å². The fourth-order valence-corrected chi connectivity index (χ4v) is 3.71. The van der Waals surface area contributed by atoms with Gasteiger partial charge in [0.05, 0.1) is 6.26 Å². The molecule has 0 radical (unpaired) electrons. The number of carbonyl (C=O) groups excluding carboxylic acids is 1. The number of amides is 1. The zero-order valence-electron chi connectivity index (χ0n) is 15.4. The number of sulfonamides is 1. The van der Waals surface area contributed by atoms with Crippen LogP contribution >= 0.6 is 0 Å². The van der Waals surface area contributed by atoms with E-state index in [1.165, 1.54) is 31.5 Å². The van der Waals surface area contributed by atoms with Gasteiger partial charge in [0.15, 0.2) is 0 Å². The van der Waals surface area contributed by atoms with Gasteiger partial charge in [0.25, 0.3) is 5.91 Å². The molecular formula is C20H25N3O3S. The van der Waals surface area contributed by atoms with E-state index in [-0.39, 0.29) is 5.91 Å². The summed E-state index contributed by atoms with van der Waals surface area (Å²) in [7, 11) is -3.32. The zero-order chi connectivity index (χ0) is 19.3. The Kier molecular flexibility index (Phi) is 6.13. The predicted octanol–water partition coefficient (Wildman–Crippen LogP) is 2.58. The summed E-state index contributed by atoms with van der Waals surface area (Å²) in [5.41, 5.74) is 3.26. The summed E-state index contributed by atoms with van der Waals surface area (Å²) in [5, 5.41) is 2.89. The summed E-state index contributed by atoms with van der Waals surface area (Å²) in [6.45, 7) is 3.79. The lowest BCUT2D eigenvalue weighted by molar-refractivity contribution is 0.0951. The predicted molar refractivity (Wildman–Crippen MR) is 107 cm³/mol. The van der Waals surface area contributed by atoms with Crippen LogP contribution in [-0.4, -0.2) is 38.6 Å². The first kappa shape index (κ1) is 19.4. The molecule has 2 N–H and O–H groups in total. The number of likely N-dealkylation sites (tertiary alicyclic amines) is 1. The van der Waals surface area contributed by atoms with Crippen LogP contribution < -0.4 is 10.0 Å². The molecule has 0 bridgehead atoms. The van der Waals surface area contributed by atoms with Crippen LogP contribution in [0.3, 0.4) is 0 Å². The summed E-state index contributed by atoms with van der Waals surface area (Å²) in [5.74, 6) is -0.193. The molecular weight excluding hydrogens is 362 g/mol. The number of nitrogens with zero attached hydrogens (tertiary/aromatic N) is 1. The Morgan fingerprint density at radius 2 is 1.56 bits per heavy atom. The first-order valence-corrected chi connectivity index (χ1v) is 10.9. The van der Waals surface area contributed by atoms with Crippen LogP contribution in [0.1, 0.15) is 34.3 Å². The maximum absolute atomic E-state index is 12.3. The standard InChI is InChI=1S/C20H25N3O3S/c1-27(25,26)22-19-10-8-18(9-11-19)20(24)21-14-16-4-6-17(7-5-16)15-23-12-2-3-13-23/h4-11,22H,2-3,12-15H2,1H3,(H,21,24). The van der Waals surface area contributed by atoms with Crippen LogP contribution in [0.5, 0.6) is 0 Å². The van der Waals surface area contributed by atoms with Gasteiger partial charge in [-0.15, -0.1) is 0 Å². The highest BCUT2D eigenvalue weighted by atomic mass is 32.2. The van der Waals surface area contributed by atoms with E-state index in [2.05, 4.69) is 27.1 Å². The number of benzene rings is 2. The van der Waals surface area contributed by atoms with Crippen molar-refractivity contribution < 1.29 is 13.2 Å². The number of carbonyl (C=O) groups is 1. The number of rotatable bonds is 7. The summed E-state index contributed by atoms with van der Waals surface area (Å²) >= 11 is 0. The van der Waals surface area contributed by atoms with Crippen LogP contribution in [0, 0.1) is 0 Å². The van der Waals surface area contributed by atoms with Crippen molar-refractivity contribution in [2.24, 2.45) is 0 Å². The van der Waals surface area contributed by atoms with E-state index >= 15 is 0 Å². The topological polar surface area (TPSA) is 78.5 Å². The Hall–Kier alpha value is -2.38. The highest BCUT2D eigenvalue weighted by molar-refractivity contribution is 7.92. The molecule has 1 aliphatic rings. The maximum atomic E-state index is 12.3. The normalized spacial score (nSPS) is 14.9. The Morgan fingerprint density at radius 3 is 2.15 bits per heavy atom. The molecule has 0 unspecified atom stereocenters. The third-order valence-electron chi connectivity index (χ3n) is 4.53. The lowest BCUT2D eigenvalue weighted by Crippen LogP contribution is -2.23. The van der Waals surface area contributed by atoms with Gasteiger partial charge in [-0.25, -0.2) is 8.42 Å². The molecule has 0 saturated carbocycles. The minimum Gasteiger partial charge on any atom is -0.348 e. The highest BCUT2D eigenvalue weighted by Crippen LogP contribution is 2.14. The van der Waals surface area contributed by atoms with Crippen LogP contribution in [0.4, 0.5) is 5.69 Å². The van der Waals surface area contributed by atoms with E-state index in [1.54, 1.807) is 24.3 Å². The van der Waals surface area contributed by atoms with Gasteiger partial charge in [0, 0.05) is 24.3 Å². The lowest BCUT2D eigenvalue weighted by Gasteiger charge is -2.14. The third-order valence-corrected chi connectivity index (χ3v) is 5.14. The van der Waals surface area contributed by atoms with Crippen LogP contribution in [-0.2, 0) is 23.1 Å². The molecule has 1 aliphatic heterocycles. The molecule has 1 saturated heterocycles. The van der Waals surface area contributed by atoms with Crippen molar-refractivity contribution in [1.82, 2.24) is 10.2 Å². The molecule has 6 nitrogen and oxygen atoms in total. The van der Waals surface area contributed by atoms with Gasteiger partial charge in [0.2, 0.25) is 10.0 Å². The van der Waals surface area contributed by atoms with E-state index < -0.39 is 10.0 Å². The van der Waals surface area contributed by atoms with E-state index in [1.807, 2.05) is 12.1 Å². The van der Waals surface area contributed by atoms with Crippen LogP contribution in [0.2, 0.25) is 0 Å². The molecule has 3 rings (SSSR count). The molecule has 7 heteroatoms. The summed E-state index contributed by atoms with van der Waals surface area (Å²) in [4.78, 5) is 14.7. The Morgan fingerprint density at radius 1 is 0.963 bits per heavy atom. The molecule has 0 atom stereocenters. The molecule has 27 heavy (non-hydrogen) atoms. The zero-order valence-corrected chi connectivity index (χ0v) is 16.3. The third kappa shape index (κ3) is 6.08. The first-order chi connectivity index (χ1) is 12.9. The van der Waals surface area contributed by atoms with E-state index in [9.17, 15) is 13.2 Å². The molecule has 0 aromatic heterocycles. The van der Waals surface area contributed by atoms with Gasteiger partial charge in [0.1, 0.15) is 0 Å². The molecule has 1 amide bonds. The fourth-order valence-electron chi connectivity index (χ4n) is 3.15. The molecule has 1 heterocycles. The van der Waals surface area contributed by atoms with E-state index in [4.69, 9.17) is 0 Å². The average Bonchev–Trinajstić information content (AvgIpc) is 3.13. The quantitative estimate of drug-likeness (QED) is 0.765. The minimum atomic E-state index is -3.32. The number of anilines is 1. The van der Waals surface area contributed by atoms with Crippen molar-refractivity contribution in [3.63, 3.8) is 0 Å². The molecule has 1 fully saturated rings. The van der Waals surface area contributed by atoms with Crippen molar-refractivity contribution in [3.05, 3.63) is 65.2 Å². The summed E-state index contributed by atoms with van der Waals surface area (Å²) < 4.78 is 24.8. The van der Waals surface area contributed by atoms with Gasteiger partial charge in [-0.3, -0.25) is 14.4 Å². The second kappa shape index (κ2) is 8.54. The second-order valence-corrected chi connectivity index (χ2v) is 8.68. The maximum Gasteiger partial charge on any atom is 0.251 e. The first-order valence-electron chi connectivity index (χ1n) is 9.05. The van der Waals surface area contributed by atoms with Crippen molar-refractivity contribution in [2.75, 3.05) is 24.1 Å². The van der Waals surface area contributed by atoms with Gasteiger partial charge < -0.3 is 5.32 Å². The molecule has 0 spiro atoms. The van der Waals surface area contributed by atoms with Crippen molar-refractivity contribution in [3.8, 4) is 0 Å².